The zero-order chi connectivity index (χ0) is 21.9. The van der Waals surface area contributed by atoms with E-state index >= 15 is 0 Å². The van der Waals surface area contributed by atoms with Crippen LogP contribution in [0, 0.1) is 35.2 Å². The van der Waals surface area contributed by atoms with Gasteiger partial charge in [-0.05, 0) is 146 Å². The predicted molar refractivity (Wildman–Crippen MR) is 142 cm³/mol. The van der Waals surface area contributed by atoms with E-state index in [0.717, 1.165) is 23.4 Å². The smallest absolute Gasteiger partial charge is 0.0630 e. The minimum absolute atomic E-state index is 0.468. The molecule has 4 bridgehead atoms. The normalized spacial score (nSPS) is 28.7. The highest BCUT2D eigenvalue weighted by molar-refractivity contribution is 14.1. The van der Waals surface area contributed by atoms with Gasteiger partial charge in [0.2, 0.25) is 0 Å². The Morgan fingerprint density at radius 1 is 0.875 bits per heavy atom. The van der Waals surface area contributed by atoms with Crippen molar-refractivity contribution < 1.29 is 0 Å². The number of aliphatic imine (C=N–C) groups is 1. The van der Waals surface area contributed by atoms with Crippen molar-refractivity contribution in [3.8, 4) is 5.69 Å². The molecule has 0 spiro atoms. The van der Waals surface area contributed by atoms with Crippen molar-refractivity contribution in [1.82, 2.24) is 4.57 Å². The van der Waals surface area contributed by atoms with E-state index in [1.165, 1.54) is 64.7 Å². The highest BCUT2D eigenvalue weighted by Crippen LogP contribution is 2.60. The summed E-state index contributed by atoms with van der Waals surface area (Å²) >= 11 is 2.35. The quantitative estimate of drug-likeness (QED) is 0.239. The molecule has 164 valence electrons. The molecule has 0 radical (unpaired) electrons. The molecule has 0 amide bonds. The third-order valence-electron chi connectivity index (χ3n) is 8.43. The van der Waals surface area contributed by atoms with Gasteiger partial charge in [0.15, 0.2) is 0 Å². The third kappa shape index (κ3) is 3.57. The first-order chi connectivity index (χ1) is 15.5. The highest BCUT2D eigenvalue weighted by Gasteiger charge is 2.51. The highest BCUT2D eigenvalue weighted by atomic mass is 127. The fraction of sp³-hybridized carbons (Fsp3) is 0.414. The zero-order valence-electron chi connectivity index (χ0n) is 19.0. The van der Waals surface area contributed by atoms with Crippen molar-refractivity contribution in [1.29, 1.82) is 0 Å². The number of rotatable bonds is 4. The summed E-state index contributed by atoms with van der Waals surface area (Å²) in [5.41, 5.74) is 7.96. The first-order valence-corrected chi connectivity index (χ1v) is 13.2. The second-order valence-electron chi connectivity index (χ2n) is 10.6. The molecule has 7 rings (SSSR count). The Kier molecular flexibility index (Phi) is 5.09. The fourth-order valence-electron chi connectivity index (χ4n) is 7.42. The Morgan fingerprint density at radius 3 is 2.06 bits per heavy atom. The molecule has 3 heteroatoms. The molecular weight excluding hydrogens is 503 g/mol. The van der Waals surface area contributed by atoms with Crippen molar-refractivity contribution in [3.05, 3.63) is 80.7 Å². The lowest BCUT2D eigenvalue weighted by atomic mass is 9.48. The first-order valence-electron chi connectivity index (χ1n) is 12.1. The van der Waals surface area contributed by atoms with Gasteiger partial charge in [0.25, 0.3) is 0 Å². The second kappa shape index (κ2) is 7.86. The van der Waals surface area contributed by atoms with Gasteiger partial charge in [-0.1, -0.05) is 12.1 Å². The average molecular weight is 534 g/mol. The summed E-state index contributed by atoms with van der Waals surface area (Å²) in [6.45, 7) is 4.35. The lowest BCUT2D eigenvalue weighted by molar-refractivity contribution is -0.00518. The van der Waals surface area contributed by atoms with E-state index in [1.807, 2.05) is 6.21 Å². The van der Waals surface area contributed by atoms with E-state index in [0.29, 0.717) is 5.41 Å². The van der Waals surface area contributed by atoms with Gasteiger partial charge < -0.3 is 4.57 Å². The van der Waals surface area contributed by atoms with Crippen molar-refractivity contribution in [2.75, 3.05) is 0 Å². The Morgan fingerprint density at radius 2 is 1.47 bits per heavy atom. The Balaban J connectivity index is 1.23. The number of halogens is 1. The zero-order valence-corrected chi connectivity index (χ0v) is 21.2. The van der Waals surface area contributed by atoms with Crippen LogP contribution in [0.4, 0.5) is 5.69 Å². The number of hydrogen-bond acceptors (Lipinski definition) is 1. The summed E-state index contributed by atoms with van der Waals surface area (Å²) in [4.78, 5) is 4.85. The Hall–Kier alpha value is -1.88. The molecule has 4 aliphatic carbocycles. The lowest BCUT2D eigenvalue weighted by Crippen LogP contribution is -2.48. The number of hydrogen-bond donors (Lipinski definition) is 0. The van der Waals surface area contributed by atoms with E-state index in [-0.39, 0.29) is 0 Å². The molecule has 0 atom stereocenters. The maximum Gasteiger partial charge on any atom is 0.0630 e. The molecule has 0 N–H and O–H groups in total. The van der Waals surface area contributed by atoms with Gasteiger partial charge in [0, 0.05) is 32.4 Å². The minimum Gasteiger partial charge on any atom is -0.318 e. The van der Waals surface area contributed by atoms with Crippen LogP contribution in [0.25, 0.3) is 5.69 Å². The summed E-state index contributed by atoms with van der Waals surface area (Å²) in [6.07, 6.45) is 10.8. The van der Waals surface area contributed by atoms with Gasteiger partial charge in [-0.25, -0.2) is 0 Å². The van der Waals surface area contributed by atoms with Gasteiger partial charge >= 0.3 is 0 Å². The summed E-state index contributed by atoms with van der Waals surface area (Å²) in [7, 11) is 0. The number of benzene rings is 2. The minimum atomic E-state index is 0.468. The summed E-state index contributed by atoms with van der Waals surface area (Å²) in [5, 5.41) is 0. The van der Waals surface area contributed by atoms with Crippen LogP contribution in [0.1, 0.15) is 61.0 Å². The van der Waals surface area contributed by atoms with Crippen LogP contribution >= 0.6 is 22.6 Å². The standard InChI is InChI=1S/C29H31IN2/c1-19-11-24(20(2)32(19)28-9-5-26(30)6-10-28)18-31-27-7-3-25(4-8-27)29-15-21-12-22(16-29)14-23(13-21)17-29/h3-11,18,21-23H,12-17H2,1-2H3. The molecule has 1 aromatic heterocycles. The molecule has 4 aliphatic rings. The molecule has 2 aromatic carbocycles. The van der Waals surface area contributed by atoms with E-state index in [9.17, 15) is 0 Å². The fourth-order valence-corrected chi connectivity index (χ4v) is 7.77. The summed E-state index contributed by atoms with van der Waals surface area (Å²) < 4.78 is 3.57. The average Bonchev–Trinajstić information content (AvgIpc) is 3.05. The van der Waals surface area contributed by atoms with E-state index in [2.05, 4.69) is 95.6 Å². The van der Waals surface area contributed by atoms with Crippen molar-refractivity contribution >= 4 is 34.5 Å². The monoisotopic (exact) mass is 534 g/mol. The number of aromatic nitrogens is 1. The maximum absolute atomic E-state index is 4.85. The van der Waals surface area contributed by atoms with Gasteiger partial charge in [0.05, 0.1) is 5.69 Å². The van der Waals surface area contributed by atoms with Crippen molar-refractivity contribution in [2.24, 2.45) is 22.7 Å². The van der Waals surface area contributed by atoms with E-state index in [4.69, 9.17) is 4.99 Å². The molecular formula is C29H31IN2. The van der Waals surface area contributed by atoms with Crippen LogP contribution in [0.3, 0.4) is 0 Å². The molecule has 0 aliphatic heterocycles. The van der Waals surface area contributed by atoms with Crippen LogP contribution in [-0.4, -0.2) is 10.8 Å². The Labute approximate surface area is 205 Å². The topological polar surface area (TPSA) is 17.3 Å². The van der Waals surface area contributed by atoms with Gasteiger partial charge in [-0.2, -0.15) is 0 Å². The molecule has 0 saturated heterocycles. The third-order valence-corrected chi connectivity index (χ3v) is 9.14. The predicted octanol–water partition coefficient (Wildman–Crippen LogP) is 7.92. The van der Waals surface area contributed by atoms with Crippen LogP contribution in [-0.2, 0) is 5.41 Å². The largest absolute Gasteiger partial charge is 0.318 e. The van der Waals surface area contributed by atoms with Crippen molar-refractivity contribution in [2.45, 2.75) is 57.8 Å². The SMILES string of the molecule is Cc1cc(C=Nc2ccc(C34CC5CC(CC(C5)C3)C4)cc2)c(C)n1-c1ccc(I)cc1. The Bertz CT molecular complexity index is 1130. The molecule has 2 nitrogen and oxygen atoms in total. The van der Waals surface area contributed by atoms with Gasteiger partial charge in [-0.3, -0.25) is 4.99 Å². The van der Waals surface area contributed by atoms with Crippen LogP contribution in [0.15, 0.2) is 59.6 Å². The van der Waals surface area contributed by atoms with Crippen LogP contribution in [0.2, 0.25) is 0 Å². The van der Waals surface area contributed by atoms with Gasteiger partial charge in [-0.15, -0.1) is 0 Å². The van der Waals surface area contributed by atoms with Crippen LogP contribution in [0.5, 0.6) is 0 Å². The van der Waals surface area contributed by atoms with E-state index < -0.39 is 0 Å². The molecule has 32 heavy (non-hydrogen) atoms. The molecule has 4 saturated carbocycles. The first kappa shape index (κ1) is 20.7. The van der Waals surface area contributed by atoms with Gasteiger partial charge in [0.1, 0.15) is 0 Å². The maximum atomic E-state index is 4.85. The molecule has 1 heterocycles. The number of nitrogens with zero attached hydrogens (tertiary/aromatic N) is 2. The molecule has 4 fully saturated rings. The lowest BCUT2D eigenvalue weighted by Gasteiger charge is -2.57. The number of aryl methyl sites for hydroxylation is 1. The molecule has 3 aromatic rings. The van der Waals surface area contributed by atoms with Crippen molar-refractivity contribution in [3.63, 3.8) is 0 Å². The summed E-state index contributed by atoms with van der Waals surface area (Å²) in [5.74, 6) is 2.96. The van der Waals surface area contributed by atoms with Crippen LogP contribution < -0.4 is 0 Å². The second-order valence-corrected chi connectivity index (χ2v) is 11.9. The summed E-state index contributed by atoms with van der Waals surface area (Å²) in [6, 6.07) is 20.2. The molecule has 0 unspecified atom stereocenters. The van der Waals surface area contributed by atoms with E-state index in [1.54, 1.807) is 5.56 Å².